The second-order valence-electron chi connectivity index (χ2n) is 7.31. The van der Waals surface area contributed by atoms with Crippen molar-refractivity contribution in [2.75, 3.05) is 18.4 Å². The third-order valence-electron chi connectivity index (χ3n) is 4.80. The zero-order valence-electron chi connectivity index (χ0n) is 16.7. The van der Waals surface area contributed by atoms with E-state index in [-0.39, 0.29) is 30.0 Å². The topological polar surface area (TPSA) is 70.7 Å². The lowest BCUT2D eigenvalue weighted by Crippen LogP contribution is -2.42. The molecule has 0 bridgehead atoms. The Balaban J connectivity index is 1.51. The highest BCUT2D eigenvalue weighted by Gasteiger charge is 2.22. The number of ether oxygens (including phenoxy) is 1. The molecule has 29 heavy (non-hydrogen) atoms. The number of carbonyl (C=O) groups is 2. The lowest BCUT2D eigenvalue weighted by atomic mass is 10.1. The summed E-state index contributed by atoms with van der Waals surface area (Å²) in [5.41, 5.74) is 1.90. The number of rotatable bonds is 4. The van der Waals surface area contributed by atoms with E-state index in [0.29, 0.717) is 30.9 Å². The van der Waals surface area contributed by atoms with Gasteiger partial charge in [0.15, 0.2) is 0 Å². The van der Waals surface area contributed by atoms with Crippen molar-refractivity contribution in [2.24, 2.45) is 0 Å². The molecule has 0 unspecified atom stereocenters. The van der Waals surface area contributed by atoms with E-state index < -0.39 is 0 Å². The van der Waals surface area contributed by atoms with Gasteiger partial charge in [0.25, 0.3) is 5.91 Å². The van der Waals surface area contributed by atoms with Gasteiger partial charge < -0.3 is 20.3 Å². The predicted octanol–water partition coefficient (Wildman–Crippen LogP) is 3.79. The number of urea groups is 1. The molecular formula is C22H26FN3O3. The summed E-state index contributed by atoms with van der Waals surface area (Å²) in [5.74, 6) is -0.633. The molecular weight excluding hydrogens is 373 g/mol. The van der Waals surface area contributed by atoms with Gasteiger partial charge in [-0.15, -0.1) is 0 Å². The second-order valence-corrected chi connectivity index (χ2v) is 7.31. The maximum Gasteiger partial charge on any atom is 0.317 e. The molecule has 0 spiro atoms. The first-order valence-electron chi connectivity index (χ1n) is 9.75. The van der Waals surface area contributed by atoms with Gasteiger partial charge >= 0.3 is 6.03 Å². The zero-order chi connectivity index (χ0) is 20.8. The Labute approximate surface area is 170 Å². The first kappa shape index (κ1) is 20.8. The molecule has 1 fully saturated rings. The zero-order valence-corrected chi connectivity index (χ0v) is 16.7. The van der Waals surface area contributed by atoms with Crippen LogP contribution in [-0.4, -0.2) is 42.1 Å². The number of nitrogens with zero attached hydrogens (tertiary/aromatic N) is 1. The minimum absolute atomic E-state index is 0.0113. The maximum absolute atomic E-state index is 12.9. The van der Waals surface area contributed by atoms with E-state index in [1.165, 1.54) is 24.3 Å². The third kappa shape index (κ3) is 6.02. The fourth-order valence-electron chi connectivity index (χ4n) is 3.23. The van der Waals surface area contributed by atoms with Crippen molar-refractivity contribution in [3.63, 3.8) is 0 Å². The summed E-state index contributed by atoms with van der Waals surface area (Å²) in [4.78, 5) is 26.5. The molecule has 0 aromatic heterocycles. The predicted molar refractivity (Wildman–Crippen MR) is 109 cm³/mol. The first-order chi connectivity index (χ1) is 13.9. The SMILES string of the molecule is C[C@@H]1CCN(C(=O)NCc2ccc(C(=O)Nc3ccc(F)cc3)cc2)C[C@H](C)O1. The lowest BCUT2D eigenvalue weighted by Gasteiger charge is -2.22. The summed E-state index contributed by atoms with van der Waals surface area (Å²) < 4.78 is 18.7. The molecule has 6 nitrogen and oxygen atoms in total. The molecule has 2 N–H and O–H groups in total. The van der Waals surface area contributed by atoms with Gasteiger partial charge in [-0.1, -0.05) is 12.1 Å². The minimum atomic E-state index is -0.355. The van der Waals surface area contributed by atoms with E-state index in [1.54, 1.807) is 29.2 Å². The van der Waals surface area contributed by atoms with E-state index >= 15 is 0 Å². The second kappa shape index (κ2) is 9.52. The van der Waals surface area contributed by atoms with Gasteiger partial charge in [0.05, 0.1) is 12.2 Å². The van der Waals surface area contributed by atoms with Gasteiger partial charge in [-0.2, -0.15) is 0 Å². The third-order valence-corrected chi connectivity index (χ3v) is 4.80. The van der Waals surface area contributed by atoms with Crippen LogP contribution in [0.4, 0.5) is 14.9 Å². The molecule has 1 heterocycles. The fraction of sp³-hybridized carbons (Fsp3) is 0.364. The molecule has 0 radical (unpaired) electrons. The molecule has 2 atom stereocenters. The Morgan fingerprint density at radius 1 is 1.07 bits per heavy atom. The smallest absolute Gasteiger partial charge is 0.317 e. The van der Waals surface area contributed by atoms with Gasteiger partial charge in [0.2, 0.25) is 0 Å². The van der Waals surface area contributed by atoms with E-state index in [0.717, 1.165) is 12.0 Å². The molecule has 3 amide bonds. The van der Waals surface area contributed by atoms with Gasteiger partial charge in [0.1, 0.15) is 5.82 Å². The molecule has 1 aliphatic heterocycles. The van der Waals surface area contributed by atoms with Crippen LogP contribution in [0.25, 0.3) is 0 Å². The molecule has 154 valence electrons. The van der Waals surface area contributed by atoms with Crippen LogP contribution < -0.4 is 10.6 Å². The number of carbonyl (C=O) groups excluding carboxylic acids is 2. The van der Waals surface area contributed by atoms with Crippen molar-refractivity contribution in [1.82, 2.24) is 10.2 Å². The van der Waals surface area contributed by atoms with Crippen LogP contribution in [0.1, 0.15) is 36.2 Å². The summed E-state index contributed by atoms with van der Waals surface area (Å²) in [5, 5.41) is 5.64. The standard InChI is InChI=1S/C22H26FN3O3/c1-15-11-12-26(14-16(2)29-15)22(28)24-13-17-3-5-18(6-4-17)21(27)25-20-9-7-19(23)8-10-20/h3-10,15-16H,11-14H2,1-2H3,(H,24,28)(H,25,27)/t15-,16+/m1/s1. The molecule has 7 heteroatoms. The molecule has 2 aromatic rings. The summed E-state index contributed by atoms with van der Waals surface area (Å²) >= 11 is 0. The lowest BCUT2D eigenvalue weighted by molar-refractivity contribution is 0.0160. The van der Waals surface area contributed by atoms with Crippen LogP contribution >= 0.6 is 0 Å². The van der Waals surface area contributed by atoms with Crippen molar-refractivity contribution in [1.29, 1.82) is 0 Å². The quantitative estimate of drug-likeness (QED) is 0.822. The summed E-state index contributed by atoms with van der Waals surface area (Å²) in [6.07, 6.45) is 0.976. The van der Waals surface area contributed by atoms with E-state index in [4.69, 9.17) is 4.74 Å². The Bertz CT molecular complexity index is 839. The summed E-state index contributed by atoms with van der Waals surface area (Å²) in [6.45, 7) is 5.60. The van der Waals surface area contributed by atoms with Crippen molar-refractivity contribution in [2.45, 2.75) is 39.0 Å². The number of anilines is 1. The van der Waals surface area contributed by atoms with Crippen LogP contribution in [0.3, 0.4) is 0 Å². The fourth-order valence-corrected chi connectivity index (χ4v) is 3.23. The highest BCUT2D eigenvalue weighted by molar-refractivity contribution is 6.04. The van der Waals surface area contributed by atoms with E-state index in [2.05, 4.69) is 10.6 Å². The number of halogens is 1. The number of hydrogen-bond donors (Lipinski definition) is 2. The number of benzene rings is 2. The first-order valence-corrected chi connectivity index (χ1v) is 9.75. The van der Waals surface area contributed by atoms with Gasteiger partial charge in [-0.25, -0.2) is 9.18 Å². The molecule has 2 aromatic carbocycles. The van der Waals surface area contributed by atoms with Crippen LogP contribution in [0.15, 0.2) is 48.5 Å². The monoisotopic (exact) mass is 399 g/mol. The van der Waals surface area contributed by atoms with E-state index in [1.807, 2.05) is 13.8 Å². The molecule has 1 saturated heterocycles. The van der Waals surface area contributed by atoms with E-state index in [9.17, 15) is 14.0 Å². The average molecular weight is 399 g/mol. The average Bonchev–Trinajstić information content (AvgIpc) is 2.88. The van der Waals surface area contributed by atoms with Crippen LogP contribution in [0.5, 0.6) is 0 Å². The number of hydrogen-bond acceptors (Lipinski definition) is 3. The molecule has 0 saturated carbocycles. The molecule has 3 rings (SSSR count). The molecule has 1 aliphatic rings. The normalized spacial score (nSPS) is 19.3. The summed E-state index contributed by atoms with van der Waals surface area (Å²) in [6, 6.07) is 12.5. The molecule has 0 aliphatic carbocycles. The maximum atomic E-state index is 12.9. The largest absolute Gasteiger partial charge is 0.374 e. The highest BCUT2D eigenvalue weighted by Crippen LogP contribution is 2.13. The van der Waals surface area contributed by atoms with Crippen molar-refractivity contribution in [3.05, 3.63) is 65.5 Å². The Hall–Kier alpha value is -2.93. The summed E-state index contributed by atoms with van der Waals surface area (Å²) in [7, 11) is 0. The number of nitrogens with one attached hydrogen (secondary N) is 2. The highest BCUT2D eigenvalue weighted by atomic mass is 19.1. The van der Waals surface area contributed by atoms with Crippen molar-refractivity contribution in [3.8, 4) is 0 Å². The Morgan fingerprint density at radius 2 is 1.76 bits per heavy atom. The van der Waals surface area contributed by atoms with Crippen molar-refractivity contribution >= 4 is 17.6 Å². The minimum Gasteiger partial charge on any atom is -0.374 e. The Morgan fingerprint density at radius 3 is 2.45 bits per heavy atom. The van der Waals surface area contributed by atoms with Gasteiger partial charge in [0, 0.05) is 30.9 Å². The van der Waals surface area contributed by atoms with Crippen molar-refractivity contribution < 1.29 is 18.7 Å². The van der Waals surface area contributed by atoms with Gasteiger partial charge in [-0.3, -0.25) is 4.79 Å². The number of amides is 3. The Kier molecular flexibility index (Phi) is 6.82. The van der Waals surface area contributed by atoms with Crippen LogP contribution in [0, 0.1) is 5.82 Å². The van der Waals surface area contributed by atoms with Gasteiger partial charge in [-0.05, 0) is 62.2 Å². The van der Waals surface area contributed by atoms with Crippen LogP contribution in [-0.2, 0) is 11.3 Å². The van der Waals surface area contributed by atoms with Crippen LogP contribution in [0.2, 0.25) is 0 Å².